The lowest BCUT2D eigenvalue weighted by molar-refractivity contribution is 0.619. The molecule has 0 saturated carbocycles. The van der Waals surface area contributed by atoms with Crippen molar-refractivity contribution in [2.75, 3.05) is 0 Å². The number of hydrogen-bond acceptors (Lipinski definition) is 1. The first-order valence-corrected chi connectivity index (χ1v) is 6.63. The van der Waals surface area contributed by atoms with E-state index in [4.69, 9.17) is 5.73 Å². The van der Waals surface area contributed by atoms with Gasteiger partial charge in [0.15, 0.2) is 0 Å². The van der Waals surface area contributed by atoms with E-state index < -0.39 is 0 Å². The van der Waals surface area contributed by atoms with E-state index in [-0.39, 0.29) is 11.9 Å². The van der Waals surface area contributed by atoms with Crippen molar-refractivity contribution in [3.05, 3.63) is 68.4 Å². The number of halogens is 3. The van der Waals surface area contributed by atoms with E-state index in [2.05, 4.69) is 31.9 Å². The summed E-state index contributed by atoms with van der Waals surface area (Å²) in [5, 5.41) is 0. The van der Waals surface area contributed by atoms with Crippen LogP contribution in [0.3, 0.4) is 0 Å². The predicted octanol–water partition coefficient (Wildman–Crippen LogP) is 4.40. The monoisotopic (exact) mass is 357 g/mol. The van der Waals surface area contributed by atoms with Gasteiger partial charge < -0.3 is 5.73 Å². The molecule has 0 radical (unpaired) electrons. The maximum absolute atomic E-state index is 13.1. The summed E-state index contributed by atoms with van der Waals surface area (Å²) >= 11 is 6.62. The predicted molar refractivity (Wildman–Crippen MR) is 74.3 cm³/mol. The van der Waals surface area contributed by atoms with E-state index in [0.29, 0.717) is 4.47 Å². The Labute approximate surface area is 116 Å². The van der Waals surface area contributed by atoms with Crippen molar-refractivity contribution >= 4 is 31.9 Å². The third-order valence-electron chi connectivity index (χ3n) is 2.54. The lowest BCUT2D eigenvalue weighted by Gasteiger charge is -2.14. The zero-order valence-electron chi connectivity index (χ0n) is 8.83. The highest BCUT2D eigenvalue weighted by Gasteiger charge is 2.13. The van der Waals surface area contributed by atoms with Gasteiger partial charge in [0.2, 0.25) is 0 Å². The average molecular weight is 359 g/mol. The first-order chi connectivity index (χ1) is 8.09. The van der Waals surface area contributed by atoms with Gasteiger partial charge in [-0.25, -0.2) is 4.39 Å². The quantitative estimate of drug-likeness (QED) is 0.845. The van der Waals surface area contributed by atoms with Gasteiger partial charge in [0, 0.05) is 4.47 Å². The maximum atomic E-state index is 13.1. The number of rotatable bonds is 2. The van der Waals surface area contributed by atoms with Crippen molar-refractivity contribution < 1.29 is 4.39 Å². The fraction of sp³-hybridized carbons (Fsp3) is 0.0769. The normalized spacial score (nSPS) is 12.5. The number of benzene rings is 2. The minimum absolute atomic E-state index is 0.275. The summed E-state index contributed by atoms with van der Waals surface area (Å²) in [6.07, 6.45) is 0. The molecule has 88 valence electrons. The first kappa shape index (κ1) is 12.7. The second-order valence-electron chi connectivity index (χ2n) is 3.67. The summed E-state index contributed by atoms with van der Waals surface area (Å²) in [5.74, 6) is -0.284. The van der Waals surface area contributed by atoms with Crippen LogP contribution in [0.5, 0.6) is 0 Å². The molecule has 0 saturated heterocycles. The van der Waals surface area contributed by atoms with Crippen LogP contribution in [0.2, 0.25) is 0 Å². The van der Waals surface area contributed by atoms with Gasteiger partial charge in [-0.3, -0.25) is 0 Å². The molecule has 2 aromatic rings. The number of hydrogen-bond donors (Lipinski definition) is 1. The summed E-state index contributed by atoms with van der Waals surface area (Å²) in [6.45, 7) is 0. The third-order valence-corrected chi connectivity index (χ3v) is 3.87. The van der Waals surface area contributed by atoms with Crippen molar-refractivity contribution in [3.63, 3.8) is 0 Å². The highest BCUT2D eigenvalue weighted by atomic mass is 79.9. The molecule has 0 heterocycles. The molecular formula is C13H10Br2FN. The van der Waals surface area contributed by atoms with Crippen LogP contribution >= 0.6 is 31.9 Å². The number of nitrogens with two attached hydrogens (primary N) is 1. The summed E-state index contributed by atoms with van der Waals surface area (Å²) in [4.78, 5) is 0. The van der Waals surface area contributed by atoms with Crippen LogP contribution in [0.25, 0.3) is 0 Å². The van der Waals surface area contributed by atoms with Crippen molar-refractivity contribution in [3.8, 4) is 0 Å². The van der Waals surface area contributed by atoms with Gasteiger partial charge in [-0.15, -0.1) is 0 Å². The second-order valence-corrected chi connectivity index (χ2v) is 5.38. The van der Waals surface area contributed by atoms with Gasteiger partial charge in [0.05, 0.1) is 10.5 Å². The fourth-order valence-electron chi connectivity index (χ4n) is 1.61. The Hall–Kier alpha value is -0.710. The van der Waals surface area contributed by atoms with Crippen molar-refractivity contribution in [2.45, 2.75) is 6.04 Å². The van der Waals surface area contributed by atoms with Crippen molar-refractivity contribution in [1.82, 2.24) is 0 Å². The maximum Gasteiger partial charge on any atom is 0.137 e. The topological polar surface area (TPSA) is 26.0 Å². The average Bonchev–Trinajstić information content (AvgIpc) is 2.32. The highest BCUT2D eigenvalue weighted by Crippen LogP contribution is 2.28. The molecule has 2 aromatic carbocycles. The van der Waals surface area contributed by atoms with E-state index in [1.54, 1.807) is 12.1 Å². The Balaban J connectivity index is 2.40. The molecule has 2 N–H and O–H groups in total. The Kier molecular flexibility index (Phi) is 3.97. The first-order valence-electron chi connectivity index (χ1n) is 5.04. The fourth-order valence-corrected chi connectivity index (χ4v) is 2.54. The Morgan fingerprint density at radius 1 is 1.00 bits per heavy atom. The largest absolute Gasteiger partial charge is 0.320 e. The second kappa shape index (κ2) is 5.29. The Morgan fingerprint density at radius 2 is 1.71 bits per heavy atom. The highest BCUT2D eigenvalue weighted by molar-refractivity contribution is 9.10. The van der Waals surface area contributed by atoms with Gasteiger partial charge in [-0.1, -0.05) is 40.2 Å². The minimum Gasteiger partial charge on any atom is -0.320 e. The van der Waals surface area contributed by atoms with Crippen LogP contribution in [-0.4, -0.2) is 0 Å². The minimum atomic E-state index is -0.284. The van der Waals surface area contributed by atoms with Gasteiger partial charge in [0.25, 0.3) is 0 Å². The molecule has 17 heavy (non-hydrogen) atoms. The molecule has 0 bridgehead atoms. The van der Waals surface area contributed by atoms with Crippen LogP contribution in [-0.2, 0) is 0 Å². The van der Waals surface area contributed by atoms with Crippen LogP contribution in [0.4, 0.5) is 4.39 Å². The molecule has 4 heteroatoms. The molecular weight excluding hydrogens is 349 g/mol. The summed E-state index contributed by atoms with van der Waals surface area (Å²) < 4.78 is 14.5. The van der Waals surface area contributed by atoms with E-state index in [0.717, 1.165) is 15.6 Å². The van der Waals surface area contributed by atoms with Crippen LogP contribution in [0, 0.1) is 5.82 Å². The lowest BCUT2D eigenvalue weighted by atomic mass is 10.00. The van der Waals surface area contributed by atoms with E-state index in [1.165, 1.54) is 6.07 Å². The van der Waals surface area contributed by atoms with Crippen LogP contribution in [0.1, 0.15) is 17.2 Å². The molecule has 0 aromatic heterocycles. The molecule has 0 spiro atoms. The summed E-state index contributed by atoms with van der Waals surface area (Å²) in [7, 11) is 0. The van der Waals surface area contributed by atoms with Crippen molar-refractivity contribution in [2.24, 2.45) is 5.73 Å². The molecule has 1 atom stereocenters. The molecule has 1 nitrogen and oxygen atoms in total. The molecule has 0 fully saturated rings. The zero-order valence-corrected chi connectivity index (χ0v) is 12.0. The van der Waals surface area contributed by atoms with Gasteiger partial charge in [0.1, 0.15) is 5.82 Å². The van der Waals surface area contributed by atoms with E-state index in [1.807, 2.05) is 24.3 Å². The van der Waals surface area contributed by atoms with E-state index in [9.17, 15) is 4.39 Å². The molecule has 2 rings (SSSR count). The SMILES string of the molecule is NC(c1ccc(F)c(Br)c1)c1ccccc1Br. The van der Waals surface area contributed by atoms with Crippen molar-refractivity contribution in [1.29, 1.82) is 0 Å². The summed E-state index contributed by atoms with van der Waals surface area (Å²) in [5.41, 5.74) is 8.01. The smallest absolute Gasteiger partial charge is 0.137 e. The lowest BCUT2D eigenvalue weighted by Crippen LogP contribution is -2.12. The third kappa shape index (κ3) is 2.76. The molecule has 0 aliphatic carbocycles. The molecule has 0 aliphatic rings. The van der Waals surface area contributed by atoms with Gasteiger partial charge in [-0.05, 0) is 45.3 Å². The Morgan fingerprint density at radius 3 is 2.35 bits per heavy atom. The Bertz CT molecular complexity index is 543. The molecule has 0 aliphatic heterocycles. The van der Waals surface area contributed by atoms with Crippen LogP contribution in [0.15, 0.2) is 51.4 Å². The van der Waals surface area contributed by atoms with Gasteiger partial charge >= 0.3 is 0 Å². The zero-order chi connectivity index (χ0) is 12.4. The van der Waals surface area contributed by atoms with Crippen LogP contribution < -0.4 is 5.73 Å². The van der Waals surface area contributed by atoms with Gasteiger partial charge in [-0.2, -0.15) is 0 Å². The van der Waals surface area contributed by atoms with E-state index >= 15 is 0 Å². The standard InChI is InChI=1S/C13H10Br2FN/c14-10-4-2-1-3-9(10)13(17)8-5-6-12(16)11(15)7-8/h1-7,13H,17H2. The summed E-state index contributed by atoms with van der Waals surface area (Å²) in [6, 6.07) is 12.3. The molecule has 0 amide bonds. The molecule has 1 unspecified atom stereocenters.